The molecule has 1 aromatic rings. The summed E-state index contributed by atoms with van der Waals surface area (Å²) in [6.07, 6.45) is 0. The maximum absolute atomic E-state index is 10.7. The molecule has 0 saturated carbocycles. The van der Waals surface area contributed by atoms with E-state index in [1.165, 1.54) is 11.8 Å². The Labute approximate surface area is 123 Å². The van der Waals surface area contributed by atoms with Crippen LogP contribution in [0, 0.1) is 0 Å². The Morgan fingerprint density at radius 1 is 1.45 bits per heavy atom. The highest BCUT2D eigenvalue weighted by Crippen LogP contribution is 2.24. The standard InChI is InChI=1S/C12H21N5O2S/c1-4-16-11(13-14-12(16)20-8-10(18)19)17-6-5-15(3)7-9(17)2/h9H,4-8H2,1-3H3,(H,18,19). The van der Waals surface area contributed by atoms with E-state index in [9.17, 15) is 4.79 Å². The molecule has 0 amide bonds. The van der Waals surface area contributed by atoms with Gasteiger partial charge in [0.25, 0.3) is 0 Å². The lowest BCUT2D eigenvalue weighted by atomic mass is 10.2. The molecule has 0 aliphatic carbocycles. The van der Waals surface area contributed by atoms with E-state index in [1.807, 2.05) is 11.5 Å². The van der Waals surface area contributed by atoms with Crippen LogP contribution in [-0.2, 0) is 11.3 Å². The highest BCUT2D eigenvalue weighted by molar-refractivity contribution is 7.99. The lowest BCUT2D eigenvalue weighted by Crippen LogP contribution is -2.51. The Bertz CT molecular complexity index is 478. The van der Waals surface area contributed by atoms with Gasteiger partial charge >= 0.3 is 5.97 Å². The Hall–Kier alpha value is -1.28. The number of likely N-dealkylation sites (N-methyl/N-ethyl adjacent to an activating group) is 1. The van der Waals surface area contributed by atoms with E-state index < -0.39 is 5.97 Å². The minimum atomic E-state index is -0.838. The summed E-state index contributed by atoms with van der Waals surface area (Å²) >= 11 is 1.22. The molecule has 1 fully saturated rings. The number of aromatic nitrogens is 3. The van der Waals surface area contributed by atoms with Gasteiger partial charge in [0.2, 0.25) is 5.95 Å². The van der Waals surface area contributed by atoms with Gasteiger partial charge in [-0.1, -0.05) is 11.8 Å². The average molecular weight is 299 g/mol. The number of nitrogens with zero attached hydrogens (tertiary/aromatic N) is 5. The van der Waals surface area contributed by atoms with Crippen molar-refractivity contribution >= 4 is 23.7 Å². The first-order chi connectivity index (χ1) is 9.52. The summed E-state index contributed by atoms with van der Waals surface area (Å²) in [4.78, 5) is 15.2. The number of carboxylic acid groups (broad SMARTS) is 1. The molecule has 1 aliphatic heterocycles. The predicted molar refractivity (Wildman–Crippen MR) is 78.4 cm³/mol. The zero-order valence-corrected chi connectivity index (χ0v) is 12.9. The minimum absolute atomic E-state index is 0.0103. The fraction of sp³-hybridized carbons (Fsp3) is 0.750. The van der Waals surface area contributed by atoms with Gasteiger partial charge < -0.3 is 14.9 Å². The number of thioether (sulfide) groups is 1. The van der Waals surface area contributed by atoms with Crippen LogP contribution in [0.15, 0.2) is 5.16 Å². The molecule has 1 saturated heterocycles. The smallest absolute Gasteiger partial charge is 0.313 e. The van der Waals surface area contributed by atoms with Crippen LogP contribution in [0.3, 0.4) is 0 Å². The van der Waals surface area contributed by atoms with Gasteiger partial charge in [-0.3, -0.25) is 9.36 Å². The Kier molecular flexibility index (Phi) is 4.87. The third kappa shape index (κ3) is 3.24. The normalized spacial score (nSPS) is 20.4. The highest BCUT2D eigenvalue weighted by atomic mass is 32.2. The number of hydrogen-bond acceptors (Lipinski definition) is 6. The Morgan fingerprint density at radius 3 is 2.80 bits per heavy atom. The van der Waals surface area contributed by atoms with Gasteiger partial charge in [0.05, 0.1) is 5.75 Å². The molecule has 0 bridgehead atoms. The first-order valence-corrected chi connectivity index (χ1v) is 7.74. The van der Waals surface area contributed by atoms with Gasteiger partial charge in [-0.2, -0.15) is 0 Å². The summed E-state index contributed by atoms with van der Waals surface area (Å²) in [6.45, 7) is 7.85. The summed E-state index contributed by atoms with van der Waals surface area (Å²) in [7, 11) is 2.12. The van der Waals surface area contributed by atoms with Crippen LogP contribution in [0.2, 0.25) is 0 Å². The molecule has 20 heavy (non-hydrogen) atoms. The SMILES string of the molecule is CCn1c(SCC(=O)O)nnc1N1CCN(C)CC1C. The van der Waals surface area contributed by atoms with E-state index >= 15 is 0 Å². The van der Waals surface area contributed by atoms with Gasteiger partial charge in [0, 0.05) is 32.2 Å². The maximum atomic E-state index is 10.7. The molecule has 0 spiro atoms. The number of piperazine rings is 1. The van der Waals surface area contributed by atoms with Crippen molar-refractivity contribution in [1.29, 1.82) is 0 Å². The summed E-state index contributed by atoms with van der Waals surface area (Å²) in [5, 5.41) is 17.9. The fourth-order valence-corrected chi connectivity index (χ4v) is 3.16. The van der Waals surface area contributed by atoms with Crippen LogP contribution in [0.25, 0.3) is 0 Å². The quantitative estimate of drug-likeness (QED) is 0.799. The zero-order valence-electron chi connectivity index (χ0n) is 12.1. The molecule has 112 valence electrons. The van der Waals surface area contributed by atoms with Crippen LogP contribution in [0.4, 0.5) is 5.95 Å². The first-order valence-electron chi connectivity index (χ1n) is 6.76. The van der Waals surface area contributed by atoms with Crippen molar-refractivity contribution in [3.05, 3.63) is 0 Å². The third-order valence-corrected chi connectivity index (χ3v) is 4.38. The molecule has 0 aromatic carbocycles. The first kappa shape index (κ1) is 15.1. The summed E-state index contributed by atoms with van der Waals surface area (Å²) in [5.41, 5.74) is 0. The van der Waals surface area contributed by atoms with Gasteiger partial charge in [0.1, 0.15) is 0 Å². The van der Waals surface area contributed by atoms with Gasteiger partial charge in [-0.25, -0.2) is 0 Å². The monoisotopic (exact) mass is 299 g/mol. The van der Waals surface area contributed by atoms with Crippen molar-refractivity contribution in [2.75, 3.05) is 37.3 Å². The second-order valence-electron chi connectivity index (χ2n) is 5.01. The lowest BCUT2D eigenvalue weighted by Gasteiger charge is -2.38. The maximum Gasteiger partial charge on any atom is 0.313 e. The van der Waals surface area contributed by atoms with Crippen molar-refractivity contribution in [1.82, 2.24) is 19.7 Å². The minimum Gasteiger partial charge on any atom is -0.481 e. The summed E-state index contributed by atoms with van der Waals surface area (Å²) in [5.74, 6) is 0.0207. The van der Waals surface area contributed by atoms with Gasteiger partial charge in [-0.15, -0.1) is 10.2 Å². The van der Waals surface area contributed by atoms with Crippen LogP contribution in [0.1, 0.15) is 13.8 Å². The van der Waals surface area contributed by atoms with E-state index in [0.717, 1.165) is 32.1 Å². The van der Waals surface area contributed by atoms with Crippen molar-refractivity contribution < 1.29 is 9.90 Å². The van der Waals surface area contributed by atoms with E-state index in [-0.39, 0.29) is 5.75 Å². The molecule has 1 aliphatic rings. The van der Waals surface area contributed by atoms with Crippen LogP contribution < -0.4 is 4.90 Å². The van der Waals surface area contributed by atoms with E-state index in [1.54, 1.807) is 0 Å². The molecule has 2 heterocycles. The number of carboxylic acids is 1. The number of rotatable bonds is 5. The van der Waals surface area contributed by atoms with Crippen molar-refractivity contribution in [2.24, 2.45) is 0 Å². The second-order valence-corrected chi connectivity index (χ2v) is 5.96. The van der Waals surface area contributed by atoms with Gasteiger partial charge in [0.15, 0.2) is 5.16 Å². The summed E-state index contributed by atoms with van der Waals surface area (Å²) < 4.78 is 2.00. The molecule has 7 nitrogen and oxygen atoms in total. The largest absolute Gasteiger partial charge is 0.481 e. The molecule has 2 rings (SSSR count). The van der Waals surface area contributed by atoms with Crippen molar-refractivity contribution in [3.63, 3.8) is 0 Å². The topological polar surface area (TPSA) is 74.5 Å². The van der Waals surface area contributed by atoms with Crippen LogP contribution in [-0.4, -0.2) is 69.2 Å². The molecule has 1 N–H and O–H groups in total. The number of hydrogen-bond donors (Lipinski definition) is 1. The molecule has 1 aromatic heterocycles. The number of aliphatic carboxylic acids is 1. The fourth-order valence-electron chi connectivity index (χ4n) is 2.44. The van der Waals surface area contributed by atoms with Crippen molar-refractivity contribution in [2.45, 2.75) is 31.6 Å². The molecule has 0 radical (unpaired) electrons. The van der Waals surface area contributed by atoms with E-state index in [2.05, 4.69) is 34.0 Å². The summed E-state index contributed by atoms with van der Waals surface area (Å²) in [6, 6.07) is 0.376. The average Bonchev–Trinajstić information content (AvgIpc) is 2.79. The Balaban J connectivity index is 2.17. The number of anilines is 1. The lowest BCUT2D eigenvalue weighted by molar-refractivity contribution is -0.133. The highest BCUT2D eigenvalue weighted by Gasteiger charge is 2.26. The van der Waals surface area contributed by atoms with Crippen LogP contribution >= 0.6 is 11.8 Å². The molecule has 8 heteroatoms. The number of carbonyl (C=O) groups is 1. The zero-order chi connectivity index (χ0) is 14.7. The van der Waals surface area contributed by atoms with Crippen LogP contribution in [0.5, 0.6) is 0 Å². The molecular weight excluding hydrogens is 278 g/mol. The van der Waals surface area contributed by atoms with Crippen molar-refractivity contribution in [3.8, 4) is 0 Å². The van der Waals surface area contributed by atoms with E-state index in [0.29, 0.717) is 11.2 Å². The van der Waals surface area contributed by atoms with E-state index in [4.69, 9.17) is 5.11 Å². The Morgan fingerprint density at radius 2 is 2.20 bits per heavy atom. The molecular formula is C12H21N5O2S. The van der Waals surface area contributed by atoms with Gasteiger partial charge in [-0.05, 0) is 20.9 Å². The molecule has 1 unspecified atom stereocenters. The predicted octanol–water partition coefficient (Wildman–Crippen LogP) is 0.615. The molecule has 1 atom stereocenters. The third-order valence-electron chi connectivity index (χ3n) is 3.43. The second kappa shape index (κ2) is 6.45.